The van der Waals surface area contributed by atoms with Crippen LogP contribution in [0.15, 0.2) is 35.5 Å². The van der Waals surface area contributed by atoms with E-state index < -0.39 is 0 Å². The SMILES string of the molecule is [CH2+]CSC(=S)Nc1nc(SC)nn1-c1ccccc1. The van der Waals surface area contributed by atoms with Gasteiger partial charge in [0, 0.05) is 0 Å². The van der Waals surface area contributed by atoms with Crippen LogP contribution in [0.4, 0.5) is 5.95 Å². The van der Waals surface area contributed by atoms with Gasteiger partial charge in [0.1, 0.15) is 10.1 Å². The first kappa shape index (κ1) is 14.2. The lowest BCUT2D eigenvalue weighted by Crippen LogP contribution is -2.11. The highest BCUT2D eigenvalue weighted by atomic mass is 32.2. The number of anilines is 1. The van der Waals surface area contributed by atoms with Gasteiger partial charge in [0.15, 0.2) is 0 Å². The fraction of sp³-hybridized carbons (Fsp3) is 0.167. The maximum Gasteiger partial charge on any atom is 0.232 e. The molecule has 2 aromatic rings. The summed E-state index contributed by atoms with van der Waals surface area (Å²) in [6.07, 6.45) is 1.94. The van der Waals surface area contributed by atoms with Gasteiger partial charge in [-0.3, -0.25) is 0 Å². The molecule has 4 nitrogen and oxygen atoms in total. The summed E-state index contributed by atoms with van der Waals surface area (Å²) in [5, 5.41) is 8.23. The molecule has 1 aromatic heterocycles. The highest BCUT2D eigenvalue weighted by Gasteiger charge is 2.12. The minimum atomic E-state index is 0.626. The normalized spacial score (nSPS) is 10.4. The van der Waals surface area contributed by atoms with Crippen LogP contribution in [0.25, 0.3) is 5.69 Å². The summed E-state index contributed by atoms with van der Waals surface area (Å²) in [6.45, 7) is 3.76. The summed E-state index contributed by atoms with van der Waals surface area (Å²) in [4.78, 5) is 4.41. The zero-order chi connectivity index (χ0) is 13.7. The molecule has 0 spiro atoms. The molecule has 1 aromatic carbocycles. The van der Waals surface area contributed by atoms with Gasteiger partial charge in [-0.25, -0.2) is 0 Å². The Kier molecular flexibility index (Phi) is 5.12. The molecule has 1 heterocycles. The van der Waals surface area contributed by atoms with Crippen molar-refractivity contribution in [3.63, 3.8) is 0 Å². The van der Waals surface area contributed by atoms with Crippen LogP contribution in [0.2, 0.25) is 0 Å². The van der Waals surface area contributed by atoms with Crippen LogP contribution < -0.4 is 5.32 Å². The van der Waals surface area contributed by atoms with Crippen LogP contribution >= 0.6 is 35.7 Å². The van der Waals surface area contributed by atoms with Gasteiger partial charge in [0.25, 0.3) is 0 Å². The van der Waals surface area contributed by atoms with Crippen LogP contribution in [0, 0.1) is 6.92 Å². The van der Waals surface area contributed by atoms with E-state index in [1.54, 1.807) is 4.68 Å². The van der Waals surface area contributed by atoms with Crippen molar-refractivity contribution < 1.29 is 0 Å². The number of nitrogens with zero attached hydrogens (tertiary/aromatic N) is 3. The smallest absolute Gasteiger partial charge is 0.232 e. The van der Waals surface area contributed by atoms with E-state index in [9.17, 15) is 0 Å². The van der Waals surface area contributed by atoms with E-state index in [-0.39, 0.29) is 0 Å². The fourth-order valence-electron chi connectivity index (χ4n) is 1.43. The van der Waals surface area contributed by atoms with Crippen molar-refractivity contribution in [1.82, 2.24) is 14.8 Å². The summed E-state index contributed by atoms with van der Waals surface area (Å²) in [6, 6.07) is 9.83. The van der Waals surface area contributed by atoms with Gasteiger partial charge in [-0.2, -0.15) is 9.67 Å². The third-order valence-corrected chi connectivity index (χ3v) is 3.78. The third-order valence-electron chi connectivity index (χ3n) is 2.22. The fourth-order valence-corrected chi connectivity index (χ4v) is 2.46. The van der Waals surface area contributed by atoms with Gasteiger partial charge in [0.2, 0.25) is 11.1 Å². The molecule has 19 heavy (non-hydrogen) atoms. The number of aromatic nitrogens is 3. The van der Waals surface area contributed by atoms with Gasteiger partial charge in [-0.05, 0) is 30.2 Å². The molecule has 98 valence electrons. The standard InChI is InChI=1S/C12H12N4S3/c1-3-19-12(17)14-10-13-11(18-2)15-16(10)9-7-5-4-6-8-9/h4-8H,1,3H2,2H3/p+1. The van der Waals surface area contributed by atoms with Gasteiger partial charge in [0.05, 0.1) is 12.6 Å². The lowest BCUT2D eigenvalue weighted by atomic mass is 10.3. The quantitative estimate of drug-likeness (QED) is 0.531. The van der Waals surface area contributed by atoms with E-state index in [2.05, 4.69) is 22.3 Å². The molecular formula is C12H13N4S3+. The van der Waals surface area contributed by atoms with Crippen LogP contribution in [0.3, 0.4) is 0 Å². The predicted molar refractivity (Wildman–Crippen MR) is 87.2 cm³/mol. The maximum atomic E-state index is 5.21. The molecule has 0 bridgehead atoms. The number of benzene rings is 1. The van der Waals surface area contributed by atoms with E-state index in [0.29, 0.717) is 21.2 Å². The van der Waals surface area contributed by atoms with E-state index in [1.807, 2.05) is 36.6 Å². The molecule has 0 amide bonds. The Balaban J connectivity index is 2.32. The molecule has 1 N–H and O–H groups in total. The second kappa shape index (κ2) is 6.83. The number of hydrogen-bond acceptors (Lipinski definition) is 5. The first-order valence-electron chi connectivity index (χ1n) is 5.54. The number of hydrogen-bond donors (Lipinski definition) is 1. The lowest BCUT2D eigenvalue weighted by Gasteiger charge is -2.06. The molecule has 0 aliphatic rings. The van der Waals surface area contributed by atoms with E-state index in [1.165, 1.54) is 23.5 Å². The van der Waals surface area contributed by atoms with Gasteiger partial charge < -0.3 is 5.32 Å². The second-order valence-corrected chi connectivity index (χ2v) is 5.98. The highest BCUT2D eigenvalue weighted by Crippen LogP contribution is 2.19. The summed E-state index contributed by atoms with van der Waals surface area (Å²) < 4.78 is 2.40. The summed E-state index contributed by atoms with van der Waals surface area (Å²) in [5.41, 5.74) is 0.945. The van der Waals surface area contributed by atoms with Crippen molar-refractivity contribution in [3.8, 4) is 5.69 Å². The monoisotopic (exact) mass is 309 g/mol. The summed E-state index contributed by atoms with van der Waals surface area (Å²) in [7, 11) is 0. The Morgan fingerprint density at radius 3 is 2.79 bits per heavy atom. The van der Waals surface area contributed by atoms with E-state index in [4.69, 9.17) is 12.2 Å². The van der Waals surface area contributed by atoms with Gasteiger partial charge >= 0.3 is 0 Å². The Bertz CT molecular complexity index is 553. The first-order chi connectivity index (χ1) is 9.24. The van der Waals surface area contributed by atoms with Gasteiger partial charge in [-0.1, -0.05) is 42.2 Å². The number of thioether (sulfide) groups is 2. The molecule has 0 atom stereocenters. The molecule has 0 radical (unpaired) electrons. The molecule has 0 aliphatic carbocycles. The van der Waals surface area contributed by atoms with Crippen LogP contribution in [0.1, 0.15) is 0 Å². The van der Waals surface area contributed by atoms with E-state index in [0.717, 1.165) is 5.69 Å². The average molecular weight is 309 g/mol. The topological polar surface area (TPSA) is 42.7 Å². The van der Waals surface area contributed by atoms with Crippen molar-refractivity contribution in [2.45, 2.75) is 5.16 Å². The molecule has 0 fully saturated rings. The number of nitrogens with one attached hydrogen (secondary N) is 1. The van der Waals surface area contributed by atoms with Crippen LogP contribution in [-0.4, -0.2) is 31.1 Å². The maximum absolute atomic E-state index is 5.21. The van der Waals surface area contributed by atoms with Crippen molar-refractivity contribution in [3.05, 3.63) is 37.3 Å². The third kappa shape index (κ3) is 3.65. The molecule has 0 saturated heterocycles. The van der Waals surface area contributed by atoms with Crippen LogP contribution in [0.5, 0.6) is 0 Å². The Labute approximate surface area is 126 Å². The zero-order valence-corrected chi connectivity index (χ0v) is 12.8. The lowest BCUT2D eigenvalue weighted by molar-refractivity contribution is 0.841. The number of para-hydroxylation sites is 1. The van der Waals surface area contributed by atoms with Crippen molar-refractivity contribution in [1.29, 1.82) is 0 Å². The molecule has 0 aliphatic heterocycles. The molecule has 0 saturated carbocycles. The summed E-state index contributed by atoms with van der Waals surface area (Å²) >= 11 is 8.18. The predicted octanol–water partition coefficient (Wildman–Crippen LogP) is 3.25. The van der Waals surface area contributed by atoms with Crippen molar-refractivity contribution in [2.75, 3.05) is 17.3 Å². The minimum Gasteiger partial charge on any atom is -0.309 e. The molecule has 0 unspecified atom stereocenters. The Morgan fingerprint density at radius 2 is 2.16 bits per heavy atom. The highest BCUT2D eigenvalue weighted by molar-refractivity contribution is 8.23. The zero-order valence-electron chi connectivity index (χ0n) is 10.4. The molecular weight excluding hydrogens is 296 g/mol. The van der Waals surface area contributed by atoms with E-state index >= 15 is 0 Å². The Hall–Kier alpha value is -1.18. The largest absolute Gasteiger partial charge is 0.309 e. The van der Waals surface area contributed by atoms with Crippen molar-refractivity contribution >= 4 is 46.0 Å². The number of rotatable bonds is 4. The minimum absolute atomic E-state index is 0.626. The second-order valence-electron chi connectivity index (χ2n) is 3.43. The molecule has 7 heteroatoms. The van der Waals surface area contributed by atoms with Gasteiger partial charge in [-0.15, -0.1) is 5.10 Å². The molecule has 2 rings (SSSR count). The van der Waals surface area contributed by atoms with Crippen molar-refractivity contribution in [2.24, 2.45) is 0 Å². The van der Waals surface area contributed by atoms with Crippen LogP contribution in [-0.2, 0) is 0 Å². The Morgan fingerprint density at radius 1 is 1.42 bits per heavy atom. The number of thiocarbonyl (C=S) groups is 1. The first-order valence-corrected chi connectivity index (χ1v) is 8.16. The average Bonchev–Trinajstić information content (AvgIpc) is 2.83. The summed E-state index contributed by atoms with van der Waals surface area (Å²) in [5.74, 6) is 1.31.